The van der Waals surface area contributed by atoms with Crippen molar-refractivity contribution < 1.29 is 13.6 Å². The Kier molecular flexibility index (Phi) is 7.35. The first-order chi connectivity index (χ1) is 13.3. The number of halogens is 3. The van der Waals surface area contributed by atoms with Crippen molar-refractivity contribution in [3.63, 3.8) is 0 Å². The Morgan fingerprint density at radius 2 is 2.04 bits per heavy atom. The summed E-state index contributed by atoms with van der Waals surface area (Å²) in [6.45, 7) is 9.46. The summed E-state index contributed by atoms with van der Waals surface area (Å²) in [7, 11) is 0. The van der Waals surface area contributed by atoms with Crippen LogP contribution in [0.1, 0.15) is 56.8 Å². The Bertz CT molecular complexity index is 860. The molecular formula is C21H26ClF2N3O. The molecule has 28 heavy (non-hydrogen) atoms. The number of rotatable bonds is 2. The number of urea groups is 1. The number of fused-ring (bicyclic) bond motifs is 1. The number of aryl methyl sites for hydroxylation is 1. The highest BCUT2D eigenvalue weighted by molar-refractivity contribution is 6.31. The molecule has 7 heteroatoms. The lowest BCUT2D eigenvalue weighted by Gasteiger charge is -2.41. The zero-order valence-electron chi connectivity index (χ0n) is 16.8. The molecule has 0 saturated carbocycles. The highest BCUT2D eigenvalue weighted by Gasteiger charge is 2.36. The van der Waals surface area contributed by atoms with Crippen LogP contribution in [0.15, 0.2) is 24.4 Å². The average Bonchev–Trinajstić information content (AvgIpc) is 2.67. The molecule has 2 amide bonds. The van der Waals surface area contributed by atoms with Crippen molar-refractivity contribution in [3.8, 4) is 0 Å². The van der Waals surface area contributed by atoms with E-state index in [0.29, 0.717) is 29.0 Å². The summed E-state index contributed by atoms with van der Waals surface area (Å²) in [5, 5.41) is 2.98. The maximum Gasteiger partial charge on any atom is 0.322 e. The maximum atomic E-state index is 14.2. The molecule has 1 aromatic heterocycles. The van der Waals surface area contributed by atoms with Crippen molar-refractivity contribution in [1.82, 2.24) is 9.88 Å². The third-order valence-corrected chi connectivity index (χ3v) is 5.23. The van der Waals surface area contributed by atoms with Crippen LogP contribution in [0.5, 0.6) is 0 Å². The van der Waals surface area contributed by atoms with Gasteiger partial charge in [-0.05, 0) is 56.0 Å². The van der Waals surface area contributed by atoms with Crippen LogP contribution in [0, 0.1) is 18.7 Å². The molecule has 0 radical (unpaired) electrons. The monoisotopic (exact) mass is 409 g/mol. The first kappa shape index (κ1) is 22.1. The van der Waals surface area contributed by atoms with Gasteiger partial charge in [0.2, 0.25) is 5.95 Å². The van der Waals surface area contributed by atoms with Crippen LogP contribution in [-0.4, -0.2) is 22.0 Å². The molecular weight excluding hydrogens is 384 g/mol. The quantitative estimate of drug-likeness (QED) is 0.593. The third-order valence-electron chi connectivity index (χ3n) is 4.82. The summed E-state index contributed by atoms with van der Waals surface area (Å²) in [4.78, 5) is 18.2. The van der Waals surface area contributed by atoms with E-state index in [1.54, 1.807) is 17.9 Å². The minimum Gasteiger partial charge on any atom is -0.314 e. The minimum atomic E-state index is -0.548. The van der Waals surface area contributed by atoms with Gasteiger partial charge in [-0.15, -0.1) is 0 Å². The highest BCUT2D eigenvalue weighted by Crippen LogP contribution is 2.36. The van der Waals surface area contributed by atoms with E-state index in [-0.39, 0.29) is 17.8 Å². The van der Waals surface area contributed by atoms with Crippen molar-refractivity contribution in [2.45, 2.75) is 59.5 Å². The van der Waals surface area contributed by atoms with E-state index in [4.69, 9.17) is 11.6 Å². The molecule has 152 valence electrons. The number of aromatic nitrogens is 1. The minimum absolute atomic E-state index is 0.0272. The van der Waals surface area contributed by atoms with E-state index in [2.05, 4.69) is 10.3 Å². The zero-order valence-corrected chi connectivity index (χ0v) is 17.6. The van der Waals surface area contributed by atoms with Gasteiger partial charge in [-0.3, -0.25) is 0 Å². The van der Waals surface area contributed by atoms with E-state index in [0.717, 1.165) is 5.56 Å². The van der Waals surface area contributed by atoms with Crippen LogP contribution < -0.4 is 5.32 Å². The average molecular weight is 410 g/mol. The van der Waals surface area contributed by atoms with Gasteiger partial charge in [0.1, 0.15) is 5.82 Å². The molecule has 1 aliphatic rings. The molecule has 2 atom stereocenters. The van der Waals surface area contributed by atoms with Gasteiger partial charge < -0.3 is 10.2 Å². The molecule has 1 aliphatic heterocycles. The van der Waals surface area contributed by atoms with Gasteiger partial charge in [-0.1, -0.05) is 32.4 Å². The molecule has 0 bridgehead atoms. The first-order valence-corrected chi connectivity index (χ1v) is 9.89. The largest absolute Gasteiger partial charge is 0.322 e. The number of hydrogen-bond acceptors (Lipinski definition) is 2. The normalized spacial score (nSPS) is 18.1. The number of pyridine rings is 1. The number of hydrogen-bond donors (Lipinski definition) is 1. The fourth-order valence-electron chi connectivity index (χ4n) is 3.53. The van der Waals surface area contributed by atoms with E-state index in [9.17, 15) is 13.6 Å². The van der Waals surface area contributed by atoms with Crippen molar-refractivity contribution in [2.75, 3.05) is 5.32 Å². The lowest BCUT2D eigenvalue weighted by molar-refractivity contribution is 0.147. The second-order valence-corrected chi connectivity index (χ2v) is 6.97. The van der Waals surface area contributed by atoms with Crippen molar-refractivity contribution in [1.29, 1.82) is 0 Å². The fourth-order valence-corrected chi connectivity index (χ4v) is 3.69. The highest BCUT2D eigenvalue weighted by atomic mass is 35.5. The van der Waals surface area contributed by atoms with Gasteiger partial charge in [0, 0.05) is 22.8 Å². The number of anilines is 1. The molecule has 0 fully saturated rings. The van der Waals surface area contributed by atoms with Crippen LogP contribution >= 0.6 is 11.6 Å². The molecule has 4 nitrogen and oxygen atoms in total. The molecule has 1 aromatic carbocycles. The van der Waals surface area contributed by atoms with E-state index < -0.39 is 17.8 Å². The molecule has 2 unspecified atom stereocenters. The van der Waals surface area contributed by atoms with E-state index in [1.165, 1.54) is 18.3 Å². The van der Waals surface area contributed by atoms with Gasteiger partial charge in [-0.2, -0.15) is 4.39 Å². The molecule has 0 spiro atoms. The van der Waals surface area contributed by atoms with Gasteiger partial charge in [0.25, 0.3) is 0 Å². The van der Waals surface area contributed by atoms with Crippen molar-refractivity contribution in [2.24, 2.45) is 0 Å². The Balaban J connectivity index is 0.00000136. The standard InChI is InChI=1S/C19H20ClF2N3O.C2H6/c1-4-17-12-5-6-23-18(22)13(12)8-11(3)25(17)19(26)24-16-9-14(20)10(2)7-15(16)21;1-2/h5-7,9,11,17H,4,8H2,1-3H3,(H,24,26);1-2H3. The summed E-state index contributed by atoms with van der Waals surface area (Å²) in [5.74, 6) is -1.04. The molecule has 0 aliphatic carbocycles. The Labute approximate surface area is 169 Å². The number of carbonyl (C=O) groups is 1. The summed E-state index contributed by atoms with van der Waals surface area (Å²) >= 11 is 6.04. The fraction of sp³-hybridized carbons (Fsp3) is 0.429. The molecule has 3 rings (SSSR count). The Hall–Kier alpha value is -2.21. The molecule has 1 N–H and O–H groups in total. The number of nitrogens with zero attached hydrogens (tertiary/aromatic N) is 2. The van der Waals surface area contributed by atoms with Crippen LogP contribution in [0.2, 0.25) is 5.02 Å². The van der Waals surface area contributed by atoms with Crippen molar-refractivity contribution in [3.05, 3.63) is 57.9 Å². The summed E-state index contributed by atoms with van der Waals surface area (Å²) in [6, 6.07) is 3.42. The predicted molar refractivity (Wildman–Crippen MR) is 109 cm³/mol. The third kappa shape index (κ3) is 4.27. The Morgan fingerprint density at radius 1 is 1.36 bits per heavy atom. The smallest absolute Gasteiger partial charge is 0.314 e. The lowest BCUT2D eigenvalue weighted by atomic mass is 9.89. The van der Waals surface area contributed by atoms with Crippen molar-refractivity contribution >= 4 is 23.3 Å². The van der Waals surface area contributed by atoms with Gasteiger partial charge >= 0.3 is 6.03 Å². The van der Waals surface area contributed by atoms with Crippen LogP contribution in [0.4, 0.5) is 19.3 Å². The summed E-state index contributed by atoms with van der Waals surface area (Å²) in [5.41, 5.74) is 1.91. The second kappa shape index (κ2) is 9.32. The van der Waals surface area contributed by atoms with Crippen LogP contribution in [-0.2, 0) is 6.42 Å². The lowest BCUT2D eigenvalue weighted by Crippen LogP contribution is -2.48. The second-order valence-electron chi connectivity index (χ2n) is 6.57. The van der Waals surface area contributed by atoms with E-state index >= 15 is 0 Å². The molecule has 2 aromatic rings. The number of carbonyl (C=O) groups excluding carboxylic acids is 1. The number of amides is 2. The van der Waals surface area contributed by atoms with Crippen LogP contribution in [0.3, 0.4) is 0 Å². The Morgan fingerprint density at radius 3 is 2.68 bits per heavy atom. The van der Waals surface area contributed by atoms with Gasteiger partial charge in [0.05, 0.1) is 11.7 Å². The van der Waals surface area contributed by atoms with Crippen LogP contribution in [0.25, 0.3) is 0 Å². The number of benzene rings is 1. The van der Waals surface area contributed by atoms with Gasteiger partial charge in [-0.25, -0.2) is 14.2 Å². The first-order valence-electron chi connectivity index (χ1n) is 9.51. The topological polar surface area (TPSA) is 45.2 Å². The summed E-state index contributed by atoms with van der Waals surface area (Å²) < 4.78 is 28.2. The molecule has 2 heterocycles. The predicted octanol–water partition coefficient (Wildman–Crippen LogP) is 6.28. The van der Waals surface area contributed by atoms with E-state index in [1.807, 2.05) is 27.7 Å². The number of nitrogens with one attached hydrogen (secondary N) is 1. The maximum absolute atomic E-state index is 14.2. The van der Waals surface area contributed by atoms with Gasteiger partial charge in [0.15, 0.2) is 0 Å². The summed E-state index contributed by atoms with van der Waals surface area (Å²) in [6.07, 6.45) is 2.36. The SMILES string of the molecule is CC.CCC1c2ccnc(F)c2CC(C)N1C(=O)Nc1cc(Cl)c(C)cc1F. The zero-order chi connectivity index (χ0) is 21.0. The molecule has 0 saturated heterocycles.